The van der Waals surface area contributed by atoms with Crippen LogP contribution in [0.2, 0.25) is 0 Å². The molecule has 110 valence electrons. The number of hydrogen-bond donors (Lipinski definition) is 2. The standard InChI is InChI=1S/C15H18N4O2/c1-11-16-13(19-21-11)15(9-5-6-10-15)18-14(20)17-12-7-3-2-4-8-12/h2-4,7-8H,5-6,9-10H2,1H3,(H2,17,18,20). The van der Waals surface area contributed by atoms with Gasteiger partial charge in [-0.1, -0.05) is 36.2 Å². The monoisotopic (exact) mass is 286 g/mol. The van der Waals surface area contributed by atoms with Crippen molar-refractivity contribution >= 4 is 11.7 Å². The summed E-state index contributed by atoms with van der Waals surface area (Å²) in [5.74, 6) is 1.09. The minimum Gasteiger partial charge on any atom is -0.340 e. The molecule has 0 atom stereocenters. The van der Waals surface area contributed by atoms with E-state index in [2.05, 4.69) is 20.8 Å². The zero-order valence-electron chi connectivity index (χ0n) is 11.9. The number of amides is 2. The molecule has 1 fully saturated rings. The molecule has 1 aliphatic carbocycles. The summed E-state index contributed by atoms with van der Waals surface area (Å²) in [5.41, 5.74) is 0.240. The Labute approximate surface area is 122 Å². The fourth-order valence-electron chi connectivity index (χ4n) is 2.78. The van der Waals surface area contributed by atoms with Crippen LogP contribution in [0.1, 0.15) is 37.4 Å². The smallest absolute Gasteiger partial charge is 0.320 e. The summed E-state index contributed by atoms with van der Waals surface area (Å²) in [4.78, 5) is 16.6. The summed E-state index contributed by atoms with van der Waals surface area (Å²) in [6, 6.07) is 9.11. The number of anilines is 1. The molecule has 0 aliphatic heterocycles. The number of nitrogens with one attached hydrogen (secondary N) is 2. The zero-order valence-corrected chi connectivity index (χ0v) is 11.9. The number of rotatable bonds is 3. The number of para-hydroxylation sites is 1. The van der Waals surface area contributed by atoms with Gasteiger partial charge in [0.1, 0.15) is 5.54 Å². The van der Waals surface area contributed by atoms with Crippen LogP contribution in [0.25, 0.3) is 0 Å². The minimum atomic E-state index is -0.517. The lowest BCUT2D eigenvalue weighted by atomic mass is 9.97. The van der Waals surface area contributed by atoms with Crippen LogP contribution in [0.4, 0.5) is 10.5 Å². The topological polar surface area (TPSA) is 80.0 Å². The van der Waals surface area contributed by atoms with Crippen molar-refractivity contribution < 1.29 is 9.32 Å². The first-order valence-corrected chi connectivity index (χ1v) is 7.13. The van der Waals surface area contributed by atoms with E-state index >= 15 is 0 Å². The van der Waals surface area contributed by atoms with Gasteiger partial charge in [0.2, 0.25) is 5.89 Å². The second kappa shape index (κ2) is 5.55. The second-order valence-corrected chi connectivity index (χ2v) is 5.37. The van der Waals surface area contributed by atoms with Crippen LogP contribution >= 0.6 is 0 Å². The van der Waals surface area contributed by atoms with Gasteiger partial charge in [-0.3, -0.25) is 0 Å². The molecule has 0 spiro atoms. The highest BCUT2D eigenvalue weighted by molar-refractivity contribution is 5.89. The molecule has 6 nitrogen and oxygen atoms in total. The summed E-state index contributed by atoms with van der Waals surface area (Å²) in [6.45, 7) is 1.75. The minimum absolute atomic E-state index is 0.245. The average Bonchev–Trinajstić information content (AvgIpc) is 3.10. The highest BCUT2D eigenvalue weighted by Gasteiger charge is 2.41. The summed E-state index contributed by atoms with van der Waals surface area (Å²) in [7, 11) is 0. The Morgan fingerprint density at radius 2 is 1.95 bits per heavy atom. The van der Waals surface area contributed by atoms with E-state index in [1.807, 2.05) is 30.3 Å². The van der Waals surface area contributed by atoms with Crippen LogP contribution in [0.3, 0.4) is 0 Å². The number of carbonyl (C=O) groups excluding carboxylic acids is 1. The maximum absolute atomic E-state index is 12.2. The molecule has 2 aromatic rings. The Bertz CT molecular complexity index is 618. The van der Waals surface area contributed by atoms with E-state index in [4.69, 9.17) is 4.52 Å². The first kappa shape index (κ1) is 13.6. The third kappa shape index (κ3) is 2.89. The zero-order chi connectivity index (χ0) is 14.7. The maximum atomic E-state index is 12.2. The highest BCUT2D eigenvalue weighted by atomic mass is 16.5. The second-order valence-electron chi connectivity index (χ2n) is 5.37. The number of nitrogens with zero attached hydrogens (tertiary/aromatic N) is 2. The lowest BCUT2D eigenvalue weighted by Gasteiger charge is -2.26. The quantitative estimate of drug-likeness (QED) is 0.909. The number of hydrogen-bond acceptors (Lipinski definition) is 4. The van der Waals surface area contributed by atoms with Crippen molar-refractivity contribution in [2.24, 2.45) is 0 Å². The third-order valence-corrected chi connectivity index (χ3v) is 3.80. The molecule has 1 aromatic carbocycles. The molecule has 0 saturated heterocycles. The lowest BCUT2D eigenvalue weighted by molar-refractivity contribution is 0.232. The van der Waals surface area contributed by atoms with Gasteiger partial charge in [0.05, 0.1) is 0 Å². The van der Waals surface area contributed by atoms with Crippen molar-refractivity contribution in [3.8, 4) is 0 Å². The van der Waals surface area contributed by atoms with E-state index in [0.29, 0.717) is 11.7 Å². The van der Waals surface area contributed by atoms with Gasteiger partial charge in [-0.15, -0.1) is 0 Å². The van der Waals surface area contributed by atoms with Crippen molar-refractivity contribution in [2.75, 3.05) is 5.32 Å². The van der Waals surface area contributed by atoms with Gasteiger partial charge < -0.3 is 15.2 Å². The fraction of sp³-hybridized carbons (Fsp3) is 0.400. The summed E-state index contributed by atoms with van der Waals surface area (Å²) in [6.07, 6.45) is 3.74. The van der Waals surface area contributed by atoms with Gasteiger partial charge in [0.15, 0.2) is 5.82 Å². The van der Waals surface area contributed by atoms with Crippen molar-refractivity contribution in [3.05, 3.63) is 42.0 Å². The van der Waals surface area contributed by atoms with E-state index in [1.54, 1.807) is 6.92 Å². The molecule has 0 bridgehead atoms. The molecule has 6 heteroatoms. The van der Waals surface area contributed by atoms with E-state index < -0.39 is 5.54 Å². The Morgan fingerprint density at radius 1 is 1.24 bits per heavy atom. The Morgan fingerprint density at radius 3 is 2.57 bits per heavy atom. The number of aromatic nitrogens is 2. The normalized spacial score (nSPS) is 16.6. The number of urea groups is 1. The molecule has 1 aromatic heterocycles. The molecule has 1 heterocycles. The summed E-state index contributed by atoms with van der Waals surface area (Å²) >= 11 is 0. The molecule has 1 aliphatic rings. The molecule has 0 unspecified atom stereocenters. The van der Waals surface area contributed by atoms with Gasteiger partial charge >= 0.3 is 6.03 Å². The van der Waals surface area contributed by atoms with Gasteiger partial charge in [-0.25, -0.2) is 4.79 Å². The van der Waals surface area contributed by atoms with E-state index in [-0.39, 0.29) is 6.03 Å². The largest absolute Gasteiger partial charge is 0.340 e. The van der Waals surface area contributed by atoms with Gasteiger partial charge in [-0.05, 0) is 25.0 Å². The molecular formula is C15H18N4O2. The molecule has 2 N–H and O–H groups in total. The Balaban J connectivity index is 1.75. The number of carbonyl (C=O) groups is 1. The molecular weight excluding hydrogens is 268 g/mol. The summed E-state index contributed by atoms with van der Waals surface area (Å²) < 4.78 is 5.07. The molecule has 1 saturated carbocycles. The molecule has 2 amide bonds. The number of aryl methyl sites for hydroxylation is 1. The van der Waals surface area contributed by atoms with Gasteiger partial charge in [0.25, 0.3) is 0 Å². The lowest BCUT2D eigenvalue weighted by Crippen LogP contribution is -2.46. The van der Waals surface area contributed by atoms with Gasteiger partial charge in [0, 0.05) is 12.6 Å². The average molecular weight is 286 g/mol. The van der Waals surface area contributed by atoms with Crippen LogP contribution in [-0.4, -0.2) is 16.2 Å². The maximum Gasteiger partial charge on any atom is 0.320 e. The molecule has 0 radical (unpaired) electrons. The van der Waals surface area contributed by atoms with Crippen LogP contribution in [0, 0.1) is 6.92 Å². The first-order chi connectivity index (χ1) is 10.2. The van der Waals surface area contributed by atoms with Crippen molar-refractivity contribution in [1.82, 2.24) is 15.5 Å². The van der Waals surface area contributed by atoms with Crippen molar-refractivity contribution in [2.45, 2.75) is 38.1 Å². The Hall–Kier alpha value is -2.37. The van der Waals surface area contributed by atoms with Crippen molar-refractivity contribution in [3.63, 3.8) is 0 Å². The predicted molar refractivity (Wildman–Crippen MR) is 77.8 cm³/mol. The first-order valence-electron chi connectivity index (χ1n) is 7.13. The van der Waals surface area contributed by atoms with E-state index in [0.717, 1.165) is 31.4 Å². The predicted octanol–water partition coefficient (Wildman–Crippen LogP) is 2.97. The van der Waals surface area contributed by atoms with E-state index in [1.165, 1.54) is 0 Å². The molecule has 3 rings (SSSR count). The van der Waals surface area contributed by atoms with Crippen LogP contribution in [0.5, 0.6) is 0 Å². The third-order valence-electron chi connectivity index (χ3n) is 3.80. The van der Waals surface area contributed by atoms with Crippen LogP contribution in [-0.2, 0) is 5.54 Å². The van der Waals surface area contributed by atoms with Gasteiger partial charge in [-0.2, -0.15) is 4.98 Å². The Kier molecular flexibility index (Phi) is 3.60. The molecule has 21 heavy (non-hydrogen) atoms. The SMILES string of the molecule is Cc1nc(C2(NC(=O)Nc3ccccc3)CCCC2)no1. The summed E-state index contributed by atoms with van der Waals surface area (Å²) in [5, 5.41) is 9.87. The van der Waals surface area contributed by atoms with E-state index in [9.17, 15) is 4.79 Å². The van der Waals surface area contributed by atoms with Crippen LogP contribution in [0.15, 0.2) is 34.9 Å². The van der Waals surface area contributed by atoms with Crippen LogP contribution < -0.4 is 10.6 Å². The number of benzene rings is 1. The van der Waals surface area contributed by atoms with Crippen molar-refractivity contribution in [1.29, 1.82) is 0 Å². The highest BCUT2D eigenvalue weighted by Crippen LogP contribution is 2.37. The fourth-order valence-corrected chi connectivity index (χ4v) is 2.78.